The van der Waals surface area contributed by atoms with E-state index in [1.165, 1.54) is 18.3 Å². The van der Waals surface area contributed by atoms with Crippen LogP contribution in [0.4, 0.5) is 21.5 Å². The third kappa shape index (κ3) is 6.93. The van der Waals surface area contributed by atoms with E-state index in [-0.39, 0.29) is 16.6 Å². The van der Waals surface area contributed by atoms with Crippen LogP contribution in [-0.2, 0) is 4.74 Å². The molecule has 3 aliphatic rings. The number of likely N-dealkylation sites (tertiary alicyclic amines) is 1. The Morgan fingerprint density at radius 3 is 2.49 bits per heavy atom. The molecule has 1 atom stereocenters. The first-order valence-electron chi connectivity index (χ1n) is 15.5. The number of nitrogens with zero attached hydrogens (tertiary/aromatic N) is 4. The predicted octanol–water partition coefficient (Wildman–Crippen LogP) is 6.93. The molecule has 6 rings (SSSR count). The largest absolute Gasteiger partial charge is 0.381 e. The van der Waals surface area contributed by atoms with Gasteiger partial charge in [0.05, 0.1) is 38.6 Å². The van der Waals surface area contributed by atoms with Crippen molar-refractivity contribution < 1.29 is 9.13 Å². The van der Waals surface area contributed by atoms with Gasteiger partial charge in [0, 0.05) is 67.0 Å². The first-order chi connectivity index (χ1) is 21.6. The van der Waals surface area contributed by atoms with Crippen LogP contribution >= 0.6 is 23.2 Å². The maximum Gasteiger partial charge on any atom is 0.141 e. The summed E-state index contributed by atoms with van der Waals surface area (Å²) in [5, 5.41) is 20.3. The first kappa shape index (κ1) is 31.6. The van der Waals surface area contributed by atoms with Crippen molar-refractivity contribution >= 4 is 51.2 Å². The first-order valence-corrected chi connectivity index (χ1v) is 16.2. The summed E-state index contributed by atoms with van der Waals surface area (Å²) in [7, 11) is 0. The Balaban J connectivity index is 1.30. The van der Waals surface area contributed by atoms with Crippen LogP contribution in [0, 0.1) is 23.1 Å². The van der Waals surface area contributed by atoms with E-state index >= 15 is 0 Å². The molecule has 0 bridgehead atoms. The zero-order chi connectivity index (χ0) is 31.7. The van der Waals surface area contributed by atoms with Gasteiger partial charge in [0.2, 0.25) is 0 Å². The zero-order valence-corrected chi connectivity index (χ0v) is 27.3. The minimum atomic E-state index is -0.519. The molecule has 3 aromatic rings. The number of pyridine rings is 1. The summed E-state index contributed by atoms with van der Waals surface area (Å²) < 4.78 is 19.6. The highest BCUT2D eigenvalue weighted by molar-refractivity contribution is 6.36. The van der Waals surface area contributed by atoms with Gasteiger partial charge in [-0.1, -0.05) is 23.2 Å². The number of hydrazine groups is 2. The van der Waals surface area contributed by atoms with Crippen LogP contribution in [0.15, 0.2) is 48.4 Å². The smallest absolute Gasteiger partial charge is 0.141 e. The number of piperidine rings is 1. The average Bonchev–Trinajstić information content (AvgIpc) is 3.52. The van der Waals surface area contributed by atoms with Crippen molar-refractivity contribution in [3.63, 3.8) is 0 Å². The summed E-state index contributed by atoms with van der Waals surface area (Å²) >= 11 is 12.9. The highest BCUT2D eigenvalue weighted by Gasteiger charge is 2.34. The third-order valence-corrected chi connectivity index (χ3v) is 9.62. The number of aromatic nitrogens is 1. The number of ether oxygens (including phenoxy) is 1. The molecule has 0 spiro atoms. The average molecular weight is 654 g/mol. The fourth-order valence-corrected chi connectivity index (χ4v) is 6.92. The van der Waals surface area contributed by atoms with E-state index in [9.17, 15) is 9.65 Å². The van der Waals surface area contributed by atoms with Crippen molar-refractivity contribution in [1.82, 2.24) is 25.9 Å². The third-order valence-electron chi connectivity index (χ3n) is 9.04. The van der Waals surface area contributed by atoms with E-state index < -0.39 is 5.82 Å². The van der Waals surface area contributed by atoms with E-state index in [1.54, 1.807) is 6.07 Å². The Kier molecular flexibility index (Phi) is 9.27. The highest BCUT2D eigenvalue weighted by atomic mass is 35.5. The molecule has 9 nitrogen and oxygen atoms in total. The number of nitrogens with one attached hydrogen (secondary N) is 4. The monoisotopic (exact) mass is 652 g/mol. The molecule has 45 heavy (non-hydrogen) atoms. The summed E-state index contributed by atoms with van der Waals surface area (Å²) in [5.41, 5.74) is 10.8. The summed E-state index contributed by atoms with van der Waals surface area (Å²) in [5.74, 6) is -0.201. The lowest BCUT2D eigenvalue weighted by Crippen LogP contribution is -2.52. The number of halogens is 3. The molecule has 0 amide bonds. The van der Waals surface area contributed by atoms with Gasteiger partial charge in [-0.15, -0.1) is 5.53 Å². The zero-order valence-electron chi connectivity index (χ0n) is 25.8. The lowest BCUT2D eigenvalue weighted by molar-refractivity contribution is 0.0566. The van der Waals surface area contributed by atoms with Crippen molar-refractivity contribution in [2.75, 3.05) is 36.9 Å². The molecule has 2 aromatic carbocycles. The molecule has 1 unspecified atom stereocenters. The van der Waals surface area contributed by atoms with Gasteiger partial charge in [0.25, 0.3) is 0 Å². The highest BCUT2D eigenvalue weighted by Crippen LogP contribution is 2.37. The predicted molar refractivity (Wildman–Crippen MR) is 178 cm³/mol. The number of benzene rings is 2. The van der Waals surface area contributed by atoms with Crippen LogP contribution in [0.1, 0.15) is 52.0 Å². The second-order valence-corrected chi connectivity index (χ2v) is 13.8. The second kappa shape index (κ2) is 13.2. The summed E-state index contributed by atoms with van der Waals surface area (Å²) in [4.78, 5) is 7.04. The fraction of sp³-hybridized carbons (Fsp3) is 0.455. The van der Waals surface area contributed by atoms with Crippen molar-refractivity contribution in [2.24, 2.45) is 5.92 Å². The summed E-state index contributed by atoms with van der Waals surface area (Å²) in [6.07, 6.45) is 7.68. The van der Waals surface area contributed by atoms with Crippen LogP contribution in [0.25, 0.3) is 10.9 Å². The molecule has 0 radical (unpaired) electrons. The van der Waals surface area contributed by atoms with Gasteiger partial charge in [-0.25, -0.2) is 4.39 Å². The number of nitriles is 1. The Labute approximate surface area is 273 Å². The summed E-state index contributed by atoms with van der Waals surface area (Å²) in [6, 6.07) is 10.7. The number of anilines is 3. The minimum absolute atomic E-state index is 0.0173. The number of hydrogen-bond donors (Lipinski definition) is 4. The number of rotatable bonds is 7. The molecule has 4 heterocycles. The van der Waals surface area contributed by atoms with Gasteiger partial charge in [0.1, 0.15) is 11.9 Å². The molecule has 0 aliphatic carbocycles. The quantitative estimate of drug-likeness (QED) is 0.216. The van der Waals surface area contributed by atoms with Crippen molar-refractivity contribution in [3.05, 3.63) is 69.9 Å². The van der Waals surface area contributed by atoms with E-state index in [0.29, 0.717) is 58.0 Å². The normalized spacial score (nSPS) is 19.2. The van der Waals surface area contributed by atoms with Gasteiger partial charge in [-0.2, -0.15) is 5.26 Å². The summed E-state index contributed by atoms with van der Waals surface area (Å²) in [6.45, 7) is 10.4. The molecular weight excluding hydrogens is 614 g/mol. The maximum atomic E-state index is 13.9. The number of hydrogen-bond acceptors (Lipinski definition) is 9. The van der Waals surface area contributed by atoms with Gasteiger partial charge in [-0.05, 0) is 82.7 Å². The van der Waals surface area contributed by atoms with E-state index in [2.05, 4.69) is 69.5 Å². The van der Waals surface area contributed by atoms with Gasteiger partial charge in [0.15, 0.2) is 0 Å². The van der Waals surface area contributed by atoms with Crippen LogP contribution in [0.5, 0.6) is 0 Å². The molecule has 12 heteroatoms. The minimum Gasteiger partial charge on any atom is -0.381 e. The van der Waals surface area contributed by atoms with Crippen molar-refractivity contribution in [2.45, 2.75) is 64.1 Å². The fourth-order valence-electron chi connectivity index (χ4n) is 6.47. The van der Waals surface area contributed by atoms with Crippen LogP contribution in [0.3, 0.4) is 0 Å². The Hall–Kier alpha value is -3.33. The van der Waals surface area contributed by atoms with Crippen LogP contribution < -0.4 is 21.6 Å². The molecule has 2 saturated heterocycles. The standard InChI is InChI=1S/C33H39Cl2FN8O/c1-33(2,3)43-10-6-24(7-11-43)44-19-29(41-42-44)31(20-8-12-45-13-9-20)40-23-14-25-30(39-22-4-5-28(36)26(34)15-22)21(17-37)18-38-32(25)27(35)16-23/h4-5,14-16,18-20,24,31,40-42H,6-13H2,1-3H3,(H,38,39). The Morgan fingerprint density at radius 1 is 1.07 bits per heavy atom. The molecule has 238 valence electrons. The van der Waals surface area contributed by atoms with E-state index in [0.717, 1.165) is 50.2 Å². The lowest BCUT2D eigenvalue weighted by atomic mass is 9.89. The molecule has 0 saturated carbocycles. The molecule has 2 fully saturated rings. The van der Waals surface area contributed by atoms with Gasteiger partial charge in [-0.3, -0.25) is 14.9 Å². The Bertz CT molecular complexity index is 1620. The molecule has 1 aromatic heterocycles. The van der Waals surface area contributed by atoms with Crippen molar-refractivity contribution in [3.8, 4) is 6.07 Å². The topological polar surface area (TPSA) is 101 Å². The number of fused-ring (bicyclic) bond motifs is 1. The maximum absolute atomic E-state index is 13.9. The van der Waals surface area contributed by atoms with E-state index in [4.69, 9.17) is 27.9 Å². The second-order valence-electron chi connectivity index (χ2n) is 13.0. The lowest BCUT2D eigenvalue weighted by Gasteiger charge is -2.42. The van der Waals surface area contributed by atoms with Gasteiger partial charge >= 0.3 is 0 Å². The molecule has 3 aliphatic heterocycles. The molecule has 4 N–H and O–H groups in total. The van der Waals surface area contributed by atoms with Gasteiger partial charge < -0.3 is 20.8 Å². The SMILES string of the molecule is CC(C)(C)N1CCC(N2C=C(C(Nc3cc(Cl)c4ncc(C#N)c(Nc5ccc(F)c(Cl)c5)c4c3)C3CCOCC3)NN2)CC1. The van der Waals surface area contributed by atoms with E-state index in [1.807, 2.05) is 12.1 Å². The Morgan fingerprint density at radius 2 is 1.80 bits per heavy atom. The molecular formula is C33H39Cl2FN8O. The van der Waals surface area contributed by atoms with Crippen LogP contribution in [0.2, 0.25) is 10.0 Å². The van der Waals surface area contributed by atoms with Crippen LogP contribution in [-0.4, -0.2) is 58.8 Å². The van der Waals surface area contributed by atoms with Crippen molar-refractivity contribution in [1.29, 1.82) is 5.26 Å².